The number of halogens is 1. The molecule has 0 saturated heterocycles. The van der Waals surface area contributed by atoms with E-state index >= 15 is 0 Å². The van der Waals surface area contributed by atoms with Crippen LogP contribution in [0.4, 0.5) is 11.4 Å². The van der Waals surface area contributed by atoms with Crippen LogP contribution in [0.5, 0.6) is 0 Å². The highest BCUT2D eigenvalue weighted by Gasteiger charge is 2.10. The van der Waals surface area contributed by atoms with Gasteiger partial charge >= 0.3 is 0 Å². The standard InChI is InChI=1S/C9H12ClN3O.C2H6/c1-3-13(2)8-7(12-6-14)4-5-11-9(8)10;1-2/h4-6H,3H2,1-2H3,(H,11,12,14);1-2H3. The van der Waals surface area contributed by atoms with Crippen LogP contribution < -0.4 is 10.2 Å². The van der Waals surface area contributed by atoms with Crippen molar-refractivity contribution in [1.82, 2.24) is 4.98 Å². The number of aromatic nitrogens is 1. The van der Waals surface area contributed by atoms with E-state index in [0.29, 0.717) is 17.3 Å². The summed E-state index contributed by atoms with van der Waals surface area (Å²) in [5.41, 5.74) is 1.41. The first-order chi connectivity index (χ1) is 7.70. The molecule has 0 aromatic carbocycles. The lowest BCUT2D eigenvalue weighted by Gasteiger charge is -2.20. The minimum Gasteiger partial charge on any atom is -0.371 e. The minimum absolute atomic E-state index is 0.390. The minimum atomic E-state index is 0.390. The first-order valence-electron chi connectivity index (χ1n) is 5.26. The number of amides is 1. The molecule has 0 aliphatic carbocycles. The summed E-state index contributed by atoms with van der Waals surface area (Å²) in [6, 6.07) is 1.71. The van der Waals surface area contributed by atoms with Crippen molar-refractivity contribution in [2.75, 3.05) is 23.8 Å². The molecule has 0 aliphatic rings. The summed E-state index contributed by atoms with van der Waals surface area (Å²) in [5, 5.41) is 2.98. The smallest absolute Gasteiger partial charge is 0.211 e. The van der Waals surface area contributed by atoms with Gasteiger partial charge in [0.25, 0.3) is 0 Å². The lowest BCUT2D eigenvalue weighted by Crippen LogP contribution is -2.18. The van der Waals surface area contributed by atoms with Gasteiger partial charge in [-0.25, -0.2) is 4.98 Å². The summed E-state index contributed by atoms with van der Waals surface area (Å²) < 4.78 is 0. The lowest BCUT2D eigenvalue weighted by atomic mass is 10.3. The second kappa shape index (κ2) is 7.93. The molecule has 1 heterocycles. The van der Waals surface area contributed by atoms with Gasteiger partial charge in [0.05, 0.1) is 11.4 Å². The van der Waals surface area contributed by atoms with Crippen molar-refractivity contribution in [1.29, 1.82) is 0 Å². The van der Waals surface area contributed by atoms with E-state index in [1.807, 2.05) is 32.7 Å². The number of hydrogen-bond acceptors (Lipinski definition) is 3. The van der Waals surface area contributed by atoms with Crippen molar-refractivity contribution in [2.45, 2.75) is 20.8 Å². The van der Waals surface area contributed by atoms with Crippen molar-refractivity contribution in [2.24, 2.45) is 0 Å². The Bertz CT molecular complexity index is 331. The quantitative estimate of drug-likeness (QED) is 0.653. The Hall–Kier alpha value is -1.29. The Kier molecular flexibility index (Phi) is 7.29. The Balaban J connectivity index is 0.00000106. The maximum absolute atomic E-state index is 10.4. The highest BCUT2D eigenvalue weighted by atomic mass is 35.5. The van der Waals surface area contributed by atoms with Gasteiger partial charge in [0.15, 0.2) is 5.15 Å². The van der Waals surface area contributed by atoms with Crippen molar-refractivity contribution >= 4 is 29.4 Å². The van der Waals surface area contributed by atoms with Gasteiger partial charge in [0, 0.05) is 19.8 Å². The number of rotatable bonds is 4. The Morgan fingerprint density at radius 2 is 2.19 bits per heavy atom. The molecule has 1 aromatic heterocycles. The third kappa shape index (κ3) is 3.70. The Morgan fingerprint density at radius 1 is 1.56 bits per heavy atom. The summed E-state index contributed by atoms with van der Waals surface area (Å²) in [5.74, 6) is 0. The number of carbonyl (C=O) groups excluding carboxylic acids is 1. The molecule has 1 N–H and O–H groups in total. The highest BCUT2D eigenvalue weighted by Crippen LogP contribution is 2.30. The molecule has 0 aliphatic heterocycles. The number of nitrogens with one attached hydrogen (secondary N) is 1. The molecule has 0 saturated carbocycles. The van der Waals surface area contributed by atoms with Crippen LogP contribution in [-0.4, -0.2) is 25.0 Å². The molecule has 0 atom stereocenters. The van der Waals surface area contributed by atoms with Gasteiger partial charge in [-0.2, -0.15) is 0 Å². The molecule has 0 spiro atoms. The Morgan fingerprint density at radius 3 is 2.69 bits per heavy atom. The number of carbonyl (C=O) groups is 1. The van der Waals surface area contributed by atoms with E-state index in [4.69, 9.17) is 11.6 Å². The monoisotopic (exact) mass is 243 g/mol. The van der Waals surface area contributed by atoms with Crippen LogP contribution in [-0.2, 0) is 4.79 Å². The topological polar surface area (TPSA) is 45.2 Å². The average molecular weight is 244 g/mol. The van der Waals surface area contributed by atoms with E-state index in [2.05, 4.69) is 10.3 Å². The summed E-state index contributed by atoms with van der Waals surface area (Å²) in [4.78, 5) is 16.2. The zero-order chi connectivity index (χ0) is 12.6. The van der Waals surface area contributed by atoms with Crippen LogP contribution in [0.3, 0.4) is 0 Å². The van der Waals surface area contributed by atoms with Crippen molar-refractivity contribution in [3.05, 3.63) is 17.4 Å². The molecule has 90 valence electrons. The largest absolute Gasteiger partial charge is 0.371 e. The van der Waals surface area contributed by atoms with Gasteiger partial charge in [-0.1, -0.05) is 25.4 Å². The molecule has 1 rings (SSSR count). The van der Waals surface area contributed by atoms with Crippen LogP contribution in [0.25, 0.3) is 0 Å². The third-order valence-electron chi connectivity index (χ3n) is 1.95. The third-order valence-corrected chi connectivity index (χ3v) is 2.23. The molecule has 0 radical (unpaired) electrons. The highest BCUT2D eigenvalue weighted by molar-refractivity contribution is 6.32. The molecule has 5 heteroatoms. The van der Waals surface area contributed by atoms with Gasteiger partial charge in [-0.15, -0.1) is 0 Å². The molecule has 0 fully saturated rings. The van der Waals surface area contributed by atoms with Crippen LogP contribution in [0.2, 0.25) is 5.15 Å². The second-order valence-electron chi connectivity index (χ2n) is 2.77. The van der Waals surface area contributed by atoms with E-state index in [-0.39, 0.29) is 0 Å². The van der Waals surface area contributed by atoms with Gasteiger partial charge in [0.1, 0.15) is 0 Å². The van der Waals surface area contributed by atoms with Crippen LogP contribution in [0.15, 0.2) is 12.3 Å². The molecule has 1 amide bonds. The summed E-state index contributed by atoms with van der Waals surface area (Å²) in [7, 11) is 1.89. The first-order valence-corrected chi connectivity index (χ1v) is 5.64. The van der Waals surface area contributed by atoms with E-state index in [1.54, 1.807) is 12.3 Å². The van der Waals surface area contributed by atoms with Gasteiger partial charge in [-0.05, 0) is 13.0 Å². The van der Waals surface area contributed by atoms with Crippen LogP contribution in [0.1, 0.15) is 20.8 Å². The molecule has 4 nitrogen and oxygen atoms in total. The molecule has 0 bridgehead atoms. The second-order valence-corrected chi connectivity index (χ2v) is 3.13. The molecular weight excluding hydrogens is 226 g/mol. The van der Waals surface area contributed by atoms with Crippen molar-refractivity contribution in [3.8, 4) is 0 Å². The predicted molar refractivity (Wildman–Crippen MR) is 69.2 cm³/mol. The number of hydrogen-bond donors (Lipinski definition) is 1. The van der Waals surface area contributed by atoms with E-state index in [0.717, 1.165) is 12.2 Å². The fraction of sp³-hybridized carbons (Fsp3) is 0.455. The van der Waals surface area contributed by atoms with Gasteiger partial charge < -0.3 is 10.2 Å². The maximum Gasteiger partial charge on any atom is 0.211 e. The zero-order valence-corrected chi connectivity index (χ0v) is 10.9. The maximum atomic E-state index is 10.4. The first kappa shape index (κ1) is 14.7. The fourth-order valence-corrected chi connectivity index (χ4v) is 1.43. The molecule has 16 heavy (non-hydrogen) atoms. The van der Waals surface area contributed by atoms with E-state index in [9.17, 15) is 4.79 Å². The predicted octanol–water partition coefficient (Wildman–Crippen LogP) is 2.79. The van der Waals surface area contributed by atoms with Gasteiger partial charge in [-0.3, -0.25) is 4.79 Å². The average Bonchev–Trinajstić information content (AvgIpc) is 2.31. The van der Waals surface area contributed by atoms with Gasteiger partial charge in [0.2, 0.25) is 6.41 Å². The Labute approximate surface area is 102 Å². The van der Waals surface area contributed by atoms with E-state index in [1.165, 1.54) is 0 Å². The summed E-state index contributed by atoms with van der Waals surface area (Å²) >= 11 is 5.93. The van der Waals surface area contributed by atoms with E-state index < -0.39 is 0 Å². The summed E-state index contributed by atoms with van der Waals surface area (Å²) in [6.45, 7) is 6.78. The number of anilines is 2. The van der Waals surface area contributed by atoms with Crippen LogP contribution in [0, 0.1) is 0 Å². The van der Waals surface area contributed by atoms with Crippen molar-refractivity contribution < 1.29 is 4.79 Å². The SMILES string of the molecule is CC.CCN(C)c1c(NC=O)ccnc1Cl. The van der Waals surface area contributed by atoms with Crippen molar-refractivity contribution in [3.63, 3.8) is 0 Å². The van der Waals surface area contributed by atoms with Crippen LogP contribution >= 0.6 is 11.6 Å². The lowest BCUT2D eigenvalue weighted by molar-refractivity contribution is -0.105. The fourth-order valence-electron chi connectivity index (χ4n) is 1.13. The molecule has 1 aromatic rings. The number of pyridine rings is 1. The zero-order valence-electron chi connectivity index (χ0n) is 10.1. The molecular formula is C11H18ClN3O. The summed E-state index contributed by atoms with van der Waals surface area (Å²) in [6.07, 6.45) is 2.18. The number of nitrogens with zero attached hydrogens (tertiary/aromatic N) is 2. The molecule has 0 unspecified atom stereocenters. The normalized spacial score (nSPS) is 8.81.